The van der Waals surface area contributed by atoms with E-state index in [0.717, 1.165) is 11.8 Å². The van der Waals surface area contributed by atoms with Crippen LogP contribution in [0, 0.1) is 0 Å². The van der Waals surface area contributed by atoms with Crippen molar-refractivity contribution < 1.29 is 14.4 Å². The zero-order valence-corrected chi connectivity index (χ0v) is 14.6. The summed E-state index contributed by atoms with van der Waals surface area (Å²) in [6.45, 7) is 1.68. The van der Waals surface area contributed by atoms with Crippen molar-refractivity contribution in [1.82, 2.24) is 9.80 Å². The van der Waals surface area contributed by atoms with Gasteiger partial charge < -0.3 is 14.6 Å². The van der Waals surface area contributed by atoms with Crippen LogP contribution >= 0.6 is 23.2 Å². The minimum Gasteiger partial charge on any atom is -0.340 e. The topological polar surface area (TPSA) is 57.7 Å². The van der Waals surface area contributed by atoms with Gasteiger partial charge in [-0.15, -0.1) is 0 Å². The standard InChI is InChI=1S/C17H18Cl2N2O3/c18-14-4-2-13(12-15(14)19)3-5-16(23)21-8-6-17(24)20(9-10-21)7-1-11-22/h2-5,11-12H,1,6-10H2/b5-3+. The summed E-state index contributed by atoms with van der Waals surface area (Å²) in [5, 5.41) is 0.888. The lowest BCUT2D eigenvalue weighted by molar-refractivity contribution is -0.130. The van der Waals surface area contributed by atoms with Crippen LogP contribution in [0.4, 0.5) is 0 Å². The second-order valence-electron chi connectivity index (χ2n) is 5.42. The van der Waals surface area contributed by atoms with Gasteiger partial charge in [-0.1, -0.05) is 29.3 Å². The van der Waals surface area contributed by atoms with Gasteiger partial charge in [-0.2, -0.15) is 0 Å². The number of rotatable bonds is 5. The van der Waals surface area contributed by atoms with E-state index in [1.807, 2.05) is 0 Å². The zero-order valence-electron chi connectivity index (χ0n) is 13.1. The second kappa shape index (κ2) is 8.85. The van der Waals surface area contributed by atoms with Crippen LogP contribution in [0.25, 0.3) is 6.08 Å². The molecule has 5 nitrogen and oxygen atoms in total. The van der Waals surface area contributed by atoms with Crippen molar-refractivity contribution in [1.29, 1.82) is 0 Å². The Kier molecular flexibility index (Phi) is 6.82. The van der Waals surface area contributed by atoms with Crippen molar-refractivity contribution in [2.75, 3.05) is 26.2 Å². The molecule has 1 heterocycles. The highest BCUT2D eigenvalue weighted by atomic mass is 35.5. The van der Waals surface area contributed by atoms with Gasteiger partial charge in [0.15, 0.2) is 0 Å². The van der Waals surface area contributed by atoms with Crippen molar-refractivity contribution in [3.8, 4) is 0 Å². The van der Waals surface area contributed by atoms with E-state index in [4.69, 9.17) is 23.2 Å². The Labute approximate surface area is 150 Å². The summed E-state index contributed by atoms with van der Waals surface area (Å²) in [6, 6.07) is 5.12. The van der Waals surface area contributed by atoms with E-state index in [1.54, 1.807) is 34.1 Å². The van der Waals surface area contributed by atoms with E-state index >= 15 is 0 Å². The summed E-state index contributed by atoms with van der Waals surface area (Å²) >= 11 is 11.8. The number of halogens is 2. The third-order valence-electron chi connectivity index (χ3n) is 3.78. The molecule has 1 aromatic carbocycles. The van der Waals surface area contributed by atoms with Gasteiger partial charge in [0.1, 0.15) is 6.29 Å². The Morgan fingerprint density at radius 3 is 2.67 bits per heavy atom. The monoisotopic (exact) mass is 368 g/mol. The number of aldehydes is 1. The molecule has 128 valence electrons. The molecular formula is C17H18Cl2N2O3. The van der Waals surface area contributed by atoms with E-state index in [0.29, 0.717) is 42.6 Å². The van der Waals surface area contributed by atoms with Gasteiger partial charge >= 0.3 is 0 Å². The summed E-state index contributed by atoms with van der Waals surface area (Å²) in [4.78, 5) is 38.0. The minimum atomic E-state index is -0.161. The van der Waals surface area contributed by atoms with E-state index in [9.17, 15) is 14.4 Å². The fourth-order valence-corrected chi connectivity index (χ4v) is 2.73. The molecule has 0 radical (unpaired) electrons. The molecule has 0 spiro atoms. The lowest BCUT2D eigenvalue weighted by atomic mass is 10.2. The van der Waals surface area contributed by atoms with Crippen LogP contribution < -0.4 is 0 Å². The van der Waals surface area contributed by atoms with Gasteiger partial charge in [-0.05, 0) is 23.8 Å². The molecule has 0 atom stereocenters. The molecule has 2 rings (SSSR count). The molecule has 0 aromatic heterocycles. The highest BCUT2D eigenvalue weighted by Gasteiger charge is 2.22. The van der Waals surface area contributed by atoms with Crippen molar-refractivity contribution in [3.05, 3.63) is 39.9 Å². The first-order valence-electron chi connectivity index (χ1n) is 7.64. The van der Waals surface area contributed by atoms with Gasteiger partial charge in [-0.25, -0.2) is 0 Å². The molecule has 0 aliphatic carbocycles. The van der Waals surface area contributed by atoms with Gasteiger partial charge in [0, 0.05) is 45.1 Å². The number of amides is 2. The van der Waals surface area contributed by atoms with Crippen molar-refractivity contribution in [2.24, 2.45) is 0 Å². The maximum Gasteiger partial charge on any atom is 0.246 e. The average molecular weight is 369 g/mol. The molecule has 0 bridgehead atoms. The summed E-state index contributed by atoms with van der Waals surface area (Å²) in [6.07, 6.45) is 4.51. The molecule has 0 unspecified atom stereocenters. The molecule has 24 heavy (non-hydrogen) atoms. The van der Waals surface area contributed by atoms with E-state index in [1.165, 1.54) is 6.08 Å². The summed E-state index contributed by atoms with van der Waals surface area (Å²) in [5.74, 6) is -0.188. The van der Waals surface area contributed by atoms with Crippen LogP contribution in [0.1, 0.15) is 18.4 Å². The molecule has 0 N–H and O–H groups in total. The Morgan fingerprint density at radius 2 is 1.96 bits per heavy atom. The molecule has 7 heteroatoms. The van der Waals surface area contributed by atoms with Crippen molar-refractivity contribution in [2.45, 2.75) is 12.8 Å². The molecule has 1 aliphatic heterocycles. The molecule has 1 aromatic rings. The lowest BCUT2D eigenvalue weighted by Gasteiger charge is -2.20. The first kappa shape index (κ1) is 18.5. The Morgan fingerprint density at radius 1 is 1.17 bits per heavy atom. The molecular weight excluding hydrogens is 351 g/mol. The molecule has 0 saturated carbocycles. The van der Waals surface area contributed by atoms with Gasteiger partial charge in [-0.3, -0.25) is 9.59 Å². The van der Waals surface area contributed by atoms with Gasteiger partial charge in [0.05, 0.1) is 10.0 Å². The van der Waals surface area contributed by atoms with Crippen molar-refractivity contribution >= 4 is 47.4 Å². The molecule has 1 saturated heterocycles. The summed E-state index contributed by atoms with van der Waals surface area (Å²) < 4.78 is 0. The average Bonchev–Trinajstić information content (AvgIpc) is 2.75. The minimum absolute atomic E-state index is 0.0272. The third-order valence-corrected chi connectivity index (χ3v) is 4.52. The van der Waals surface area contributed by atoms with E-state index < -0.39 is 0 Å². The van der Waals surface area contributed by atoms with Crippen LogP contribution in [0.3, 0.4) is 0 Å². The van der Waals surface area contributed by atoms with Gasteiger partial charge in [0.25, 0.3) is 0 Å². The van der Waals surface area contributed by atoms with Crippen molar-refractivity contribution in [3.63, 3.8) is 0 Å². The smallest absolute Gasteiger partial charge is 0.246 e. The Balaban J connectivity index is 1.96. The summed E-state index contributed by atoms with van der Waals surface area (Å²) in [7, 11) is 0. The first-order chi connectivity index (χ1) is 11.5. The van der Waals surface area contributed by atoms with E-state index in [-0.39, 0.29) is 18.2 Å². The van der Waals surface area contributed by atoms with Gasteiger partial charge in [0.2, 0.25) is 11.8 Å². The fraction of sp³-hybridized carbons (Fsp3) is 0.353. The molecule has 1 fully saturated rings. The lowest BCUT2D eigenvalue weighted by Crippen LogP contribution is -2.35. The van der Waals surface area contributed by atoms with Crippen LogP contribution in [0.2, 0.25) is 10.0 Å². The number of hydrogen-bond acceptors (Lipinski definition) is 3. The number of carbonyl (C=O) groups excluding carboxylic acids is 3. The number of nitrogens with zero attached hydrogens (tertiary/aromatic N) is 2. The number of carbonyl (C=O) groups is 3. The Hall–Kier alpha value is -1.85. The normalized spacial score (nSPS) is 15.7. The van der Waals surface area contributed by atoms with Crippen LogP contribution in [0.15, 0.2) is 24.3 Å². The highest BCUT2D eigenvalue weighted by Crippen LogP contribution is 2.23. The predicted molar refractivity (Wildman–Crippen MR) is 94.0 cm³/mol. The van der Waals surface area contributed by atoms with Crippen LogP contribution in [-0.4, -0.2) is 54.1 Å². The maximum absolute atomic E-state index is 12.3. The Bertz CT molecular complexity index is 661. The molecule has 2 amide bonds. The zero-order chi connectivity index (χ0) is 17.5. The first-order valence-corrected chi connectivity index (χ1v) is 8.40. The third kappa shape index (κ3) is 5.08. The highest BCUT2D eigenvalue weighted by molar-refractivity contribution is 6.42. The number of hydrogen-bond donors (Lipinski definition) is 0. The number of benzene rings is 1. The summed E-state index contributed by atoms with van der Waals surface area (Å²) in [5.41, 5.74) is 0.774. The molecule has 1 aliphatic rings. The SMILES string of the molecule is O=CCCN1CCN(C(=O)/C=C/c2ccc(Cl)c(Cl)c2)CCC1=O. The second-order valence-corrected chi connectivity index (χ2v) is 6.23. The predicted octanol–water partition coefficient (Wildman–Crippen LogP) is 2.66. The maximum atomic E-state index is 12.3. The quantitative estimate of drug-likeness (QED) is 0.592. The van der Waals surface area contributed by atoms with Crippen LogP contribution in [-0.2, 0) is 14.4 Å². The van der Waals surface area contributed by atoms with Crippen LogP contribution in [0.5, 0.6) is 0 Å². The fourth-order valence-electron chi connectivity index (χ4n) is 2.42. The largest absolute Gasteiger partial charge is 0.340 e. The van der Waals surface area contributed by atoms with E-state index in [2.05, 4.69) is 0 Å².